The van der Waals surface area contributed by atoms with Crippen LogP contribution in [0.1, 0.15) is 22.3 Å². The predicted molar refractivity (Wildman–Crippen MR) is 85.1 cm³/mol. The van der Waals surface area contributed by atoms with E-state index in [4.69, 9.17) is 0 Å². The largest absolute Gasteiger partial charge is 0.289 e. The summed E-state index contributed by atoms with van der Waals surface area (Å²) in [5, 5.41) is 0. The normalized spacial score (nSPS) is 26.4. The van der Waals surface area contributed by atoms with Crippen molar-refractivity contribution in [2.24, 2.45) is 5.92 Å². The van der Waals surface area contributed by atoms with Gasteiger partial charge in [-0.2, -0.15) is 0 Å². The summed E-state index contributed by atoms with van der Waals surface area (Å²) in [7, 11) is 0. The minimum absolute atomic E-state index is 0.209. The second kappa shape index (κ2) is 4.85. The first-order chi connectivity index (χ1) is 10.3. The van der Waals surface area contributed by atoms with Crippen molar-refractivity contribution >= 4 is 5.78 Å². The molecule has 0 aliphatic heterocycles. The second-order valence-electron chi connectivity index (χ2n) is 5.67. The van der Waals surface area contributed by atoms with Crippen LogP contribution >= 0.6 is 0 Å². The lowest BCUT2D eigenvalue weighted by molar-refractivity contribution is 0.102. The van der Waals surface area contributed by atoms with E-state index in [1.165, 1.54) is 16.7 Å². The molecule has 0 fully saturated rings. The van der Waals surface area contributed by atoms with E-state index in [1.807, 2.05) is 18.2 Å². The van der Waals surface area contributed by atoms with Gasteiger partial charge in [-0.1, -0.05) is 66.8 Å². The Hall–Kier alpha value is -2.41. The van der Waals surface area contributed by atoms with Crippen molar-refractivity contribution in [2.45, 2.75) is 12.8 Å². The molecule has 21 heavy (non-hydrogen) atoms. The quantitative estimate of drug-likeness (QED) is 0.642. The number of benzene rings is 1. The summed E-state index contributed by atoms with van der Waals surface area (Å²) >= 11 is 0. The number of ketones is 1. The maximum absolute atomic E-state index is 12.8. The minimum atomic E-state index is 0.209. The molecule has 1 atom stereocenters. The summed E-state index contributed by atoms with van der Waals surface area (Å²) in [6, 6.07) is 7.99. The number of aryl methyl sites for hydroxylation is 1. The lowest BCUT2D eigenvalue weighted by Gasteiger charge is -2.26. The second-order valence-corrected chi connectivity index (χ2v) is 5.67. The summed E-state index contributed by atoms with van der Waals surface area (Å²) in [6.07, 6.45) is 16.6. The molecule has 0 bridgehead atoms. The summed E-state index contributed by atoms with van der Waals surface area (Å²) in [5.74, 6) is 0.449. The molecule has 102 valence electrons. The predicted octanol–water partition coefficient (Wildman–Crippen LogP) is 4.35. The van der Waals surface area contributed by atoms with Crippen LogP contribution < -0.4 is 0 Å². The molecule has 1 aromatic rings. The van der Waals surface area contributed by atoms with Crippen molar-refractivity contribution in [1.82, 2.24) is 0 Å². The molecule has 1 unspecified atom stereocenters. The fraction of sp³-hybridized carbons (Fsp3) is 0.150. The van der Waals surface area contributed by atoms with Crippen molar-refractivity contribution in [3.05, 3.63) is 94.6 Å². The molecule has 0 aromatic heterocycles. The average Bonchev–Trinajstić information content (AvgIpc) is 2.55. The first kappa shape index (κ1) is 12.3. The molecule has 3 aliphatic carbocycles. The number of fused-ring (bicyclic) bond motifs is 2. The smallest absolute Gasteiger partial charge is 0.189 e. The van der Waals surface area contributed by atoms with Gasteiger partial charge in [0.25, 0.3) is 0 Å². The van der Waals surface area contributed by atoms with E-state index in [0.29, 0.717) is 0 Å². The van der Waals surface area contributed by atoms with Crippen molar-refractivity contribution in [3.8, 4) is 0 Å². The third-order valence-electron chi connectivity index (χ3n) is 4.49. The zero-order valence-corrected chi connectivity index (χ0v) is 11.8. The highest BCUT2D eigenvalue weighted by atomic mass is 16.1. The molecule has 0 saturated heterocycles. The van der Waals surface area contributed by atoms with Crippen LogP contribution in [-0.4, -0.2) is 5.78 Å². The number of carbonyl (C=O) groups is 1. The highest BCUT2D eigenvalue weighted by Crippen LogP contribution is 2.36. The fourth-order valence-electron chi connectivity index (χ4n) is 3.43. The molecule has 0 spiro atoms. The highest BCUT2D eigenvalue weighted by molar-refractivity contribution is 6.11. The van der Waals surface area contributed by atoms with Gasteiger partial charge in [0.2, 0.25) is 0 Å². The molecule has 0 amide bonds. The molecular weight excluding hydrogens is 256 g/mol. The fourth-order valence-corrected chi connectivity index (χ4v) is 3.43. The minimum Gasteiger partial charge on any atom is -0.289 e. The number of carbonyl (C=O) groups excluding carboxylic acids is 1. The maximum atomic E-state index is 12.8. The Morgan fingerprint density at radius 2 is 1.86 bits per heavy atom. The third kappa shape index (κ3) is 1.97. The van der Waals surface area contributed by atoms with Gasteiger partial charge in [0.15, 0.2) is 5.78 Å². The van der Waals surface area contributed by atoms with Crippen molar-refractivity contribution in [1.29, 1.82) is 0 Å². The van der Waals surface area contributed by atoms with Crippen LogP contribution in [0.25, 0.3) is 0 Å². The lowest BCUT2D eigenvalue weighted by Crippen LogP contribution is -2.19. The zero-order chi connectivity index (χ0) is 14.2. The Kier molecular flexibility index (Phi) is 2.85. The highest BCUT2D eigenvalue weighted by Gasteiger charge is 2.28. The van der Waals surface area contributed by atoms with Crippen LogP contribution in [0.3, 0.4) is 0 Å². The van der Waals surface area contributed by atoms with E-state index in [1.54, 1.807) is 0 Å². The number of hydrogen-bond donors (Lipinski definition) is 0. The van der Waals surface area contributed by atoms with Gasteiger partial charge in [-0.3, -0.25) is 4.79 Å². The van der Waals surface area contributed by atoms with E-state index >= 15 is 0 Å². The van der Waals surface area contributed by atoms with Gasteiger partial charge in [0.1, 0.15) is 0 Å². The van der Waals surface area contributed by atoms with Gasteiger partial charge in [0, 0.05) is 17.1 Å². The number of allylic oxidation sites excluding steroid dienone is 10. The Morgan fingerprint density at radius 1 is 0.952 bits per heavy atom. The van der Waals surface area contributed by atoms with Crippen LogP contribution in [0, 0.1) is 5.92 Å². The molecule has 0 radical (unpaired) electrons. The molecule has 1 nitrogen and oxygen atoms in total. The van der Waals surface area contributed by atoms with Gasteiger partial charge >= 0.3 is 0 Å². The van der Waals surface area contributed by atoms with E-state index < -0.39 is 0 Å². The van der Waals surface area contributed by atoms with Gasteiger partial charge in [-0.25, -0.2) is 0 Å². The summed E-state index contributed by atoms with van der Waals surface area (Å²) in [4.78, 5) is 12.8. The SMILES string of the molecule is O=C1C(=C2C=CC=C3C=CC=CC32)CCc2ccccc21. The van der Waals surface area contributed by atoms with Gasteiger partial charge in [-0.15, -0.1) is 0 Å². The molecule has 3 aliphatic rings. The molecule has 4 rings (SSSR count). The van der Waals surface area contributed by atoms with Crippen molar-refractivity contribution in [3.63, 3.8) is 0 Å². The molecular formula is C20H16O. The zero-order valence-electron chi connectivity index (χ0n) is 11.8. The topological polar surface area (TPSA) is 17.1 Å². The van der Waals surface area contributed by atoms with E-state index in [-0.39, 0.29) is 11.7 Å². The van der Waals surface area contributed by atoms with Crippen LogP contribution in [0.5, 0.6) is 0 Å². The standard InChI is InChI=1S/C20H16O/c21-20-17-10-4-2-7-15(17)12-13-19(20)18-11-5-8-14-6-1-3-9-16(14)18/h1-11,16H,12-13H2. The first-order valence-corrected chi connectivity index (χ1v) is 7.43. The molecule has 0 saturated carbocycles. The van der Waals surface area contributed by atoms with Crippen LogP contribution in [0.4, 0.5) is 0 Å². The Labute approximate surface area is 124 Å². The summed E-state index contributed by atoms with van der Waals surface area (Å²) in [6.45, 7) is 0. The molecule has 1 heteroatoms. The van der Waals surface area contributed by atoms with E-state index in [2.05, 4.69) is 48.6 Å². The van der Waals surface area contributed by atoms with Gasteiger partial charge in [-0.05, 0) is 29.6 Å². The Morgan fingerprint density at radius 3 is 2.81 bits per heavy atom. The molecule has 0 N–H and O–H groups in total. The Bertz CT molecular complexity index is 769. The van der Waals surface area contributed by atoms with Gasteiger partial charge in [0.05, 0.1) is 0 Å². The average molecular weight is 272 g/mol. The van der Waals surface area contributed by atoms with Gasteiger partial charge < -0.3 is 0 Å². The lowest BCUT2D eigenvalue weighted by atomic mass is 9.77. The van der Waals surface area contributed by atoms with Crippen LogP contribution in [-0.2, 0) is 6.42 Å². The monoisotopic (exact) mass is 272 g/mol. The third-order valence-corrected chi connectivity index (χ3v) is 4.49. The summed E-state index contributed by atoms with van der Waals surface area (Å²) in [5.41, 5.74) is 5.50. The number of rotatable bonds is 0. The number of Topliss-reactive ketones (excluding diaryl/α,β-unsaturated/α-hetero) is 1. The van der Waals surface area contributed by atoms with Crippen molar-refractivity contribution < 1.29 is 4.79 Å². The van der Waals surface area contributed by atoms with Crippen molar-refractivity contribution in [2.75, 3.05) is 0 Å². The number of hydrogen-bond acceptors (Lipinski definition) is 1. The summed E-state index contributed by atoms with van der Waals surface area (Å²) < 4.78 is 0. The van der Waals surface area contributed by atoms with Crippen LogP contribution in [0.2, 0.25) is 0 Å². The molecule has 1 aromatic carbocycles. The first-order valence-electron chi connectivity index (χ1n) is 7.43. The van der Waals surface area contributed by atoms with Crippen LogP contribution in [0.15, 0.2) is 83.5 Å². The Balaban J connectivity index is 1.82. The van der Waals surface area contributed by atoms with E-state index in [9.17, 15) is 4.79 Å². The van der Waals surface area contributed by atoms with E-state index in [0.717, 1.165) is 24.0 Å². The maximum Gasteiger partial charge on any atom is 0.189 e. The molecule has 0 heterocycles.